The minimum Gasteiger partial charge on any atom is -0.491 e. The van der Waals surface area contributed by atoms with Crippen molar-refractivity contribution in [2.75, 3.05) is 18.5 Å². The van der Waals surface area contributed by atoms with Crippen LogP contribution in [0.3, 0.4) is 0 Å². The van der Waals surface area contributed by atoms with Gasteiger partial charge in [0.2, 0.25) is 5.95 Å². The molecule has 1 aliphatic carbocycles. The second kappa shape index (κ2) is 12.2. The highest BCUT2D eigenvalue weighted by atomic mass is 16.5. The average Bonchev–Trinajstić information content (AvgIpc) is 3.75. The van der Waals surface area contributed by atoms with Crippen LogP contribution >= 0.6 is 0 Å². The van der Waals surface area contributed by atoms with Gasteiger partial charge in [0.25, 0.3) is 5.88 Å². The van der Waals surface area contributed by atoms with Gasteiger partial charge in [-0.3, -0.25) is 9.58 Å². The Morgan fingerprint density at radius 2 is 1.77 bits per heavy atom. The lowest BCUT2D eigenvalue weighted by Crippen LogP contribution is -2.52. The van der Waals surface area contributed by atoms with E-state index in [1.54, 1.807) is 29.5 Å². The SMILES string of the molecule is C[C@@H](Cn1cncn1)Oc1cc(-c2cnc(Nc3cn([C@H]4CC[C@H](N5C6CC[C@@H]5COC6)CC4)nc3O)nc2)ccc1C#N. The Kier molecular flexibility index (Phi) is 7.84. The van der Waals surface area contributed by atoms with Crippen molar-refractivity contribution in [2.24, 2.45) is 0 Å². The number of aromatic nitrogens is 7. The van der Waals surface area contributed by atoms with Crippen LogP contribution in [0.1, 0.15) is 57.1 Å². The number of benzene rings is 1. The van der Waals surface area contributed by atoms with E-state index in [2.05, 4.69) is 41.4 Å². The third kappa shape index (κ3) is 5.82. The van der Waals surface area contributed by atoms with Gasteiger partial charge in [0, 0.05) is 36.1 Å². The summed E-state index contributed by atoms with van der Waals surface area (Å²) in [7, 11) is 0. The molecule has 3 atom stereocenters. The fraction of sp³-hybridized carbons (Fsp3) is 0.484. The lowest BCUT2D eigenvalue weighted by molar-refractivity contribution is -0.0458. The minimum atomic E-state index is -0.231. The first kappa shape index (κ1) is 28.2. The third-order valence-electron chi connectivity index (χ3n) is 9.04. The molecule has 5 heterocycles. The van der Waals surface area contributed by atoms with Crippen LogP contribution in [0.15, 0.2) is 49.4 Å². The number of rotatable bonds is 9. The summed E-state index contributed by atoms with van der Waals surface area (Å²) < 4.78 is 15.4. The number of anilines is 2. The van der Waals surface area contributed by atoms with Gasteiger partial charge in [0.05, 0.1) is 37.6 Å². The normalized spacial score (nSPS) is 24.1. The molecule has 3 aromatic heterocycles. The van der Waals surface area contributed by atoms with E-state index in [-0.39, 0.29) is 18.0 Å². The van der Waals surface area contributed by atoms with Crippen molar-refractivity contribution in [3.63, 3.8) is 0 Å². The Labute approximate surface area is 255 Å². The Morgan fingerprint density at radius 3 is 2.48 bits per heavy atom. The van der Waals surface area contributed by atoms with Gasteiger partial charge in [-0.1, -0.05) is 6.07 Å². The molecule has 1 unspecified atom stereocenters. The van der Waals surface area contributed by atoms with Gasteiger partial charge in [0.15, 0.2) is 0 Å². The summed E-state index contributed by atoms with van der Waals surface area (Å²) in [5.74, 6) is 0.755. The van der Waals surface area contributed by atoms with E-state index >= 15 is 0 Å². The molecule has 13 nitrogen and oxygen atoms in total. The summed E-state index contributed by atoms with van der Waals surface area (Å²) in [5.41, 5.74) is 2.49. The zero-order chi connectivity index (χ0) is 30.0. The molecule has 2 aliphatic heterocycles. The number of aromatic hydroxyl groups is 1. The molecule has 1 saturated carbocycles. The topological polar surface area (TPSA) is 152 Å². The molecular formula is C31H36N10O3. The first-order valence-corrected chi connectivity index (χ1v) is 15.3. The van der Waals surface area contributed by atoms with E-state index in [4.69, 9.17) is 9.47 Å². The zero-order valence-electron chi connectivity index (χ0n) is 24.7. The summed E-state index contributed by atoms with van der Waals surface area (Å²) in [5, 5.41) is 31.8. The number of nitrogens with zero attached hydrogens (tertiary/aromatic N) is 9. The number of hydrogen-bond donors (Lipinski definition) is 2. The summed E-state index contributed by atoms with van der Waals surface area (Å²) >= 11 is 0. The van der Waals surface area contributed by atoms with Crippen LogP contribution in [-0.4, -0.2) is 82.0 Å². The molecule has 4 aromatic rings. The van der Waals surface area contributed by atoms with Gasteiger partial charge in [-0.05, 0) is 63.1 Å². The Bertz CT molecular complexity index is 1590. The molecule has 228 valence electrons. The minimum absolute atomic E-state index is 0.0695. The summed E-state index contributed by atoms with van der Waals surface area (Å²) in [6.45, 7) is 4.15. The van der Waals surface area contributed by atoms with E-state index in [0.717, 1.165) is 50.0 Å². The molecule has 2 bridgehead atoms. The first-order chi connectivity index (χ1) is 21.5. The molecular weight excluding hydrogens is 560 g/mol. The highest BCUT2D eigenvalue weighted by Crippen LogP contribution is 2.39. The van der Waals surface area contributed by atoms with Crippen molar-refractivity contribution in [3.8, 4) is 28.8 Å². The zero-order valence-corrected chi connectivity index (χ0v) is 24.7. The van der Waals surface area contributed by atoms with Crippen molar-refractivity contribution in [2.45, 2.75) is 82.3 Å². The van der Waals surface area contributed by atoms with Gasteiger partial charge in [-0.2, -0.15) is 10.4 Å². The summed E-state index contributed by atoms with van der Waals surface area (Å²) in [4.78, 5) is 15.6. The van der Waals surface area contributed by atoms with Crippen molar-refractivity contribution >= 4 is 11.6 Å². The van der Waals surface area contributed by atoms with E-state index in [0.29, 0.717) is 47.6 Å². The molecule has 13 heteroatoms. The molecule has 0 spiro atoms. The van der Waals surface area contributed by atoms with Crippen LogP contribution in [0.5, 0.6) is 11.6 Å². The first-order valence-electron chi connectivity index (χ1n) is 15.3. The smallest absolute Gasteiger partial charge is 0.254 e. The number of nitriles is 1. The van der Waals surface area contributed by atoms with Crippen LogP contribution in [0.4, 0.5) is 11.6 Å². The molecule has 3 aliphatic rings. The predicted molar refractivity (Wildman–Crippen MR) is 160 cm³/mol. The Morgan fingerprint density at radius 1 is 1.05 bits per heavy atom. The number of nitrogens with one attached hydrogen (secondary N) is 1. The predicted octanol–water partition coefficient (Wildman–Crippen LogP) is 4.07. The second-order valence-corrected chi connectivity index (χ2v) is 12.0. The lowest BCUT2D eigenvalue weighted by atomic mass is 9.89. The lowest BCUT2D eigenvalue weighted by Gasteiger charge is -2.43. The third-order valence-corrected chi connectivity index (χ3v) is 9.04. The number of hydrogen-bond acceptors (Lipinski definition) is 11. The molecule has 0 radical (unpaired) electrons. The van der Waals surface area contributed by atoms with Gasteiger partial charge in [-0.25, -0.2) is 19.6 Å². The molecule has 2 saturated heterocycles. The molecule has 7 rings (SSSR count). The fourth-order valence-corrected chi connectivity index (χ4v) is 6.93. The summed E-state index contributed by atoms with van der Waals surface area (Å²) in [6, 6.07) is 9.60. The van der Waals surface area contributed by atoms with Crippen LogP contribution in [0, 0.1) is 11.3 Å². The van der Waals surface area contributed by atoms with Crippen LogP contribution in [0.25, 0.3) is 11.1 Å². The molecule has 1 aromatic carbocycles. The van der Waals surface area contributed by atoms with Gasteiger partial charge >= 0.3 is 0 Å². The quantitative estimate of drug-likeness (QED) is 0.288. The monoisotopic (exact) mass is 596 g/mol. The van der Waals surface area contributed by atoms with Crippen LogP contribution in [0.2, 0.25) is 0 Å². The average molecular weight is 597 g/mol. The van der Waals surface area contributed by atoms with Crippen molar-refractivity contribution in [1.82, 2.24) is 39.4 Å². The molecule has 3 fully saturated rings. The van der Waals surface area contributed by atoms with E-state index in [1.807, 2.05) is 29.9 Å². The fourth-order valence-electron chi connectivity index (χ4n) is 6.93. The highest BCUT2D eigenvalue weighted by Gasteiger charge is 2.42. The largest absolute Gasteiger partial charge is 0.491 e. The van der Waals surface area contributed by atoms with Crippen molar-refractivity contribution in [1.29, 1.82) is 5.26 Å². The second-order valence-electron chi connectivity index (χ2n) is 12.0. The summed E-state index contributed by atoms with van der Waals surface area (Å²) in [6.07, 6.45) is 14.9. The standard InChI is InChI=1S/C31H36N10O3/c1-20(14-39-19-33-18-36-39)44-29-10-21(2-3-22(29)11-32)23-12-34-31(35-13-23)37-28-15-40(38-30(28)42)24-4-6-25(7-5-24)41-26-8-9-27(41)17-43-16-26/h2-3,10,12-13,15,18-20,24-27H,4-9,14,16-17H2,1H3,(H,38,42)(H,34,35,37)/t20-,24-,25-,26+,27?/m0/s1. The number of morpholine rings is 1. The number of fused-ring (bicyclic) bond motifs is 2. The molecule has 0 amide bonds. The Balaban J connectivity index is 0.981. The highest BCUT2D eigenvalue weighted by molar-refractivity contribution is 5.67. The maximum Gasteiger partial charge on any atom is 0.254 e. The van der Waals surface area contributed by atoms with Crippen molar-refractivity contribution < 1.29 is 14.6 Å². The van der Waals surface area contributed by atoms with Gasteiger partial charge in [0.1, 0.15) is 36.3 Å². The van der Waals surface area contributed by atoms with Crippen LogP contribution < -0.4 is 10.1 Å². The van der Waals surface area contributed by atoms with Crippen molar-refractivity contribution in [3.05, 3.63) is 55.0 Å². The maximum atomic E-state index is 10.6. The van der Waals surface area contributed by atoms with E-state index < -0.39 is 0 Å². The number of ether oxygens (including phenoxy) is 2. The Hall–Kier alpha value is -4.54. The van der Waals surface area contributed by atoms with Gasteiger partial charge < -0.3 is 19.9 Å². The molecule has 2 N–H and O–H groups in total. The molecule has 44 heavy (non-hydrogen) atoms. The van der Waals surface area contributed by atoms with E-state index in [9.17, 15) is 10.4 Å². The van der Waals surface area contributed by atoms with Gasteiger partial charge in [-0.15, -0.1) is 5.10 Å². The maximum absolute atomic E-state index is 10.6. The van der Waals surface area contributed by atoms with E-state index in [1.165, 1.54) is 19.2 Å². The van der Waals surface area contributed by atoms with Crippen LogP contribution in [-0.2, 0) is 11.3 Å².